The molecule has 1 aromatic heterocycles. The highest BCUT2D eigenvalue weighted by Gasteiger charge is 1.94. The highest BCUT2D eigenvalue weighted by Crippen LogP contribution is 2.15. The Labute approximate surface area is 81.5 Å². The van der Waals surface area contributed by atoms with Crippen LogP contribution in [0, 0.1) is 11.3 Å². The third-order valence-electron chi connectivity index (χ3n) is 1.36. The maximum atomic E-state index is 8.45. The number of nitrogens with zero attached hydrogens (tertiary/aromatic N) is 2. The van der Waals surface area contributed by atoms with Gasteiger partial charge >= 0.3 is 0 Å². The first-order valence-electron chi connectivity index (χ1n) is 3.67. The molecule has 0 unspecified atom stereocenters. The van der Waals surface area contributed by atoms with E-state index < -0.39 is 0 Å². The summed E-state index contributed by atoms with van der Waals surface area (Å²) in [4.78, 5) is 3.89. The van der Waals surface area contributed by atoms with Crippen LogP contribution in [0.15, 0.2) is 35.6 Å². The van der Waals surface area contributed by atoms with Crippen LogP contribution in [0.5, 0.6) is 0 Å². The van der Waals surface area contributed by atoms with Crippen molar-refractivity contribution in [1.82, 2.24) is 4.98 Å². The lowest BCUT2D eigenvalue weighted by atomic mass is 10.4. The van der Waals surface area contributed by atoms with Crippen LogP contribution < -0.4 is 5.32 Å². The predicted octanol–water partition coefficient (Wildman–Crippen LogP) is 2.22. The van der Waals surface area contributed by atoms with Gasteiger partial charge in [0.2, 0.25) is 0 Å². The molecule has 1 N–H and O–H groups in total. The Morgan fingerprint density at radius 2 is 2.31 bits per heavy atom. The molecule has 0 aliphatic heterocycles. The van der Waals surface area contributed by atoms with Gasteiger partial charge in [0.05, 0.1) is 11.1 Å². The molecule has 0 atom stereocenters. The lowest BCUT2D eigenvalue weighted by molar-refractivity contribution is 1.32. The van der Waals surface area contributed by atoms with E-state index in [0.717, 1.165) is 10.7 Å². The molecular weight excluding hydrogens is 182 g/mol. The van der Waals surface area contributed by atoms with Crippen LogP contribution in [-0.4, -0.2) is 11.2 Å². The molecule has 0 aliphatic rings. The van der Waals surface area contributed by atoms with Crippen LogP contribution in [0.25, 0.3) is 0 Å². The Hall–Kier alpha value is -1.47. The summed E-state index contributed by atoms with van der Waals surface area (Å²) in [6.45, 7) is 0. The van der Waals surface area contributed by atoms with Crippen molar-refractivity contribution in [2.75, 3.05) is 11.6 Å². The number of hydrogen-bond donors (Lipinski definition) is 1. The van der Waals surface area contributed by atoms with Crippen molar-refractivity contribution in [3.8, 4) is 6.07 Å². The van der Waals surface area contributed by atoms with E-state index in [4.69, 9.17) is 5.26 Å². The van der Waals surface area contributed by atoms with E-state index >= 15 is 0 Å². The largest absolute Gasteiger partial charge is 0.350 e. The van der Waals surface area contributed by atoms with Gasteiger partial charge in [-0.05, 0) is 18.4 Å². The van der Waals surface area contributed by atoms with Gasteiger partial charge in [0.1, 0.15) is 0 Å². The second kappa shape index (κ2) is 5.22. The summed E-state index contributed by atoms with van der Waals surface area (Å²) in [6.07, 6.45) is 6.79. The molecular formula is C9H9N3S. The number of pyridine rings is 1. The van der Waals surface area contributed by atoms with Gasteiger partial charge in [-0.25, -0.2) is 0 Å². The first kappa shape index (κ1) is 9.62. The fraction of sp³-hybridized carbons (Fsp3) is 0.111. The molecule has 66 valence electrons. The van der Waals surface area contributed by atoms with Gasteiger partial charge in [-0.1, -0.05) is 0 Å². The number of hydrogen-bond acceptors (Lipinski definition) is 4. The molecule has 1 rings (SSSR count). The van der Waals surface area contributed by atoms with Crippen LogP contribution in [0.3, 0.4) is 0 Å². The minimum atomic E-state index is 0.828. The molecule has 0 bridgehead atoms. The molecule has 0 aromatic carbocycles. The van der Waals surface area contributed by atoms with Gasteiger partial charge in [0, 0.05) is 24.2 Å². The van der Waals surface area contributed by atoms with Gasteiger partial charge < -0.3 is 5.32 Å². The molecule has 0 amide bonds. The lowest BCUT2D eigenvalue weighted by Gasteiger charge is -2.05. The van der Waals surface area contributed by atoms with Crippen molar-refractivity contribution in [3.63, 3.8) is 0 Å². The number of nitrogens with one attached hydrogen (secondary N) is 1. The summed E-state index contributed by atoms with van der Waals surface area (Å²) in [5.41, 5.74) is 0.936. The summed E-state index contributed by atoms with van der Waals surface area (Å²) in [5, 5.41) is 12.4. The third kappa shape index (κ3) is 3.18. The molecule has 0 aliphatic carbocycles. The summed E-state index contributed by atoms with van der Waals surface area (Å²) in [5.74, 6) is 0. The SMILES string of the molecule is CS/C(=C/C#N)Nc1ccncc1. The number of aromatic nitrogens is 1. The van der Waals surface area contributed by atoms with Crippen LogP contribution >= 0.6 is 11.8 Å². The second-order valence-electron chi connectivity index (χ2n) is 2.20. The van der Waals surface area contributed by atoms with Gasteiger partial charge in [-0.2, -0.15) is 5.26 Å². The summed E-state index contributed by atoms with van der Waals surface area (Å²) < 4.78 is 0. The lowest BCUT2D eigenvalue weighted by Crippen LogP contribution is -1.94. The Bertz CT molecular complexity index is 326. The molecule has 0 spiro atoms. The van der Waals surface area contributed by atoms with Crippen molar-refractivity contribution in [2.24, 2.45) is 0 Å². The quantitative estimate of drug-likeness (QED) is 0.744. The Morgan fingerprint density at radius 1 is 1.62 bits per heavy atom. The maximum Gasteiger partial charge on any atom is 0.0939 e. The molecule has 4 heteroatoms. The molecule has 0 saturated carbocycles. The summed E-state index contributed by atoms with van der Waals surface area (Å²) in [6, 6.07) is 5.68. The first-order valence-corrected chi connectivity index (χ1v) is 4.90. The molecule has 1 aromatic rings. The van der Waals surface area contributed by atoms with E-state index in [2.05, 4.69) is 10.3 Å². The Balaban J connectivity index is 2.69. The second-order valence-corrected chi connectivity index (χ2v) is 3.05. The zero-order chi connectivity index (χ0) is 9.52. The van der Waals surface area contributed by atoms with Crippen molar-refractivity contribution < 1.29 is 0 Å². The van der Waals surface area contributed by atoms with Crippen molar-refractivity contribution in [2.45, 2.75) is 0 Å². The fourth-order valence-electron chi connectivity index (χ4n) is 0.782. The van der Waals surface area contributed by atoms with Crippen molar-refractivity contribution >= 4 is 17.4 Å². The van der Waals surface area contributed by atoms with Crippen LogP contribution in [-0.2, 0) is 0 Å². The predicted molar refractivity (Wildman–Crippen MR) is 55.1 cm³/mol. The van der Waals surface area contributed by atoms with Gasteiger partial charge in [0.15, 0.2) is 0 Å². The number of anilines is 1. The molecule has 1 heterocycles. The molecule has 0 saturated heterocycles. The zero-order valence-corrected chi connectivity index (χ0v) is 8.01. The van der Waals surface area contributed by atoms with Crippen molar-refractivity contribution in [1.29, 1.82) is 5.26 Å². The van der Waals surface area contributed by atoms with Crippen LogP contribution in [0.2, 0.25) is 0 Å². The van der Waals surface area contributed by atoms with Gasteiger partial charge in [-0.15, -0.1) is 11.8 Å². The van der Waals surface area contributed by atoms with E-state index in [0.29, 0.717) is 0 Å². The summed E-state index contributed by atoms with van der Waals surface area (Å²) >= 11 is 1.50. The number of rotatable bonds is 3. The Morgan fingerprint density at radius 3 is 2.85 bits per heavy atom. The van der Waals surface area contributed by atoms with E-state index in [1.807, 2.05) is 24.5 Å². The van der Waals surface area contributed by atoms with Gasteiger partial charge in [-0.3, -0.25) is 4.98 Å². The Kier molecular flexibility index (Phi) is 3.86. The fourth-order valence-corrected chi connectivity index (χ4v) is 1.17. The number of thioether (sulfide) groups is 1. The molecule has 0 radical (unpaired) electrons. The minimum Gasteiger partial charge on any atom is -0.350 e. The molecule has 13 heavy (non-hydrogen) atoms. The third-order valence-corrected chi connectivity index (χ3v) is 2.02. The number of nitriles is 1. The van der Waals surface area contributed by atoms with E-state index in [1.54, 1.807) is 12.4 Å². The van der Waals surface area contributed by atoms with Crippen molar-refractivity contribution in [3.05, 3.63) is 35.6 Å². The monoisotopic (exact) mass is 191 g/mol. The smallest absolute Gasteiger partial charge is 0.0939 e. The average Bonchev–Trinajstić information content (AvgIpc) is 2.19. The van der Waals surface area contributed by atoms with Gasteiger partial charge in [0.25, 0.3) is 0 Å². The number of allylic oxidation sites excluding steroid dienone is 1. The van der Waals surface area contributed by atoms with E-state index in [1.165, 1.54) is 17.8 Å². The highest BCUT2D eigenvalue weighted by molar-refractivity contribution is 8.02. The average molecular weight is 191 g/mol. The standard InChI is InChI=1S/C9H9N3S/c1-13-9(2-5-10)12-8-3-6-11-7-4-8/h2-4,6-7H,1H3,(H,11,12)/b9-2+. The normalized spacial score (nSPS) is 10.6. The van der Waals surface area contributed by atoms with Crippen LogP contribution in [0.4, 0.5) is 5.69 Å². The maximum absolute atomic E-state index is 8.45. The topological polar surface area (TPSA) is 48.7 Å². The minimum absolute atomic E-state index is 0.828. The molecule has 0 fully saturated rings. The first-order chi connectivity index (χ1) is 6.36. The van der Waals surface area contributed by atoms with Crippen LogP contribution in [0.1, 0.15) is 0 Å². The van der Waals surface area contributed by atoms with E-state index in [-0.39, 0.29) is 0 Å². The zero-order valence-electron chi connectivity index (χ0n) is 7.19. The van der Waals surface area contributed by atoms with E-state index in [9.17, 15) is 0 Å². The molecule has 3 nitrogen and oxygen atoms in total. The summed E-state index contributed by atoms with van der Waals surface area (Å²) in [7, 11) is 0. The highest BCUT2D eigenvalue weighted by atomic mass is 32.2.